The third-order valence-electron chi connectivity index (χ3n) is 7.29. The quantitative estimate of drug-likeness (QED) is 0.239. The summed E-state index contributed by atoms with van der Waals surface area (Å²) in [7, 11) is 0. The molecule has 0 aliphatic heterocycles. The summed E-state index contributed by atoms with van der Waals surface area (Å²) >= 11 is 0. The van der Waals surface area contributed by atoms with Gasteiger partial charge in [0.25, 0.3) is 0 Å². The zero-order valence-electron chi connectivity index (χ0n) is 19.6. The van der Waals surface area contributed by atoms with E-state index >= 15 is 4.39 Å². The second-order valence-electron chi connectivity index (χ2n) is 9.42. The maximum Gasteiger partial charge on any atom is 0.346 e. The number of hydrogen-bond acceptors (Lipinski definition) is 3. The predicted molar refractivity (Wildman–Crippen MR) is 129 cm³/mol. The fourth-order valence-electron chi connectivity index (χ4n) is 5.61. The molecule has 0 spiro atoms. The summed E-state index contributed by atoms with van der Waals surface area (Å²) in [6, 6.07) is 9.28. The largest absolute Gasteiger partial charge is 0.490 e. The van der Waals surface area contributed by atoms with E-state index < -0.39 is 23.2 Å². The summed E-state index contributed by atoms with van der Waals surface area (Å²) in [6.45, 7) is 6.00. The Kier molecular flexibility index (Phi) is 7.81. The van der Waals surface area contributed by atoms with E-state index in [0.29, 0.717) is 35.7 Å². The molecule has 180 valence electrons. The predicted octanol–water partition coefficient (Wildman–Crippen LogP) is 7.62. The van der Waals surface area contributed by atoms with Crippen molar-refractivity contribution in [1.29, 1.82) is 0 Å². The number of fused-ring (bicyclic) bond motifs is 1. The van der Waals surface area contributed by atoms with E-state index in [4.69, 9.17) is 9.47 Å². The minimum absolute atomic E-state index is 0.0119. The first kappa shape index (κ1) is 24.2. The molecule has 0 heterocycles. The highest BCUT2D eigenvalue weighted by Crippen LogP contribution is 2.48. The van der Waals surface area contributed by atoms with Crippen LogP contribution in [-0.4, -0.2) is 12.6 Å². The summed E-state index contributed by atoms with van der Waals surface area (Å²) in [5, 5.41) is 0. The van der Waals surface area contributed by atoms with Gasteiger partial charge in [0.05, 0.1) is 5.56 Å². The molecule has 34 heavy (non-hydrogen) atoms. The lowest BCUT2D eigenvalue weighted by Gasteiger charge is -2.42. The molecule has 2 aliphatic carbocycles. The first-order valence-corrected chi connectivity index (χ1v) is 12.2. The first-order valence-electron chi connectivity index (χ1n) is 12.2. The van der Waals surface area contributed by atoms with Crippen LogP contribution in [0.2, 0.25) is 0 Å². The molecule has 5 heteroatoms. The smallest absolute Gasteiger partial charge is 0.346 e. The van der Waals surface area contributed by atoms with Crippen LogP contribution in [0.5, 0.6) is 11.5 Å². The minimum atomic E-state index is -1.13. The average molecular weight is 467 g/mol. The summed E-state index contributed by atoms with van der Waals surface area (Å²) in [6.07, 6.45) is 12.3. The number of hydrogen-bond donors (Lipinski definition) is 0. The fourth-order valence-corrected chi connectivity index (χ4v) is 5.61. The zero-order chi connectivity index (χ0) is 24.1. The van der Waals surface area contributed by atoms with E-state index in [2.05, 4.69) is 25.7 Å². The Hall–Kier alpha value is -2.95. The number of allylic oxidation sites excluding steroid dienone is 2. The van der Waals surface area contributed by atoms with E-state index in [9.17, 15) is 9.18 Å². The molecule has 0 bridgehead atoms. The van der Waals surface area contributed by atoms with Crippen molar-refractivity contribution in [2.45, 2.75) is 51.4 Å². The minimum Gasteiger partial charge on any atom is -0.490 e. The maximum atomic E-state index is 15.1. The van der Waals surface area contributed by atoms with E-state index in [-0.39, 0.29) is 11.7 Å². The Balaban J connectivity index is 1.42. The number of rotatable bonds is 7. The highest BCUT2D eigenvalue weighted by molar-refractivity contribution is 5.91. The van der Waals surface area contributed by atoms with Crippen LogP contribution < -0.4 is 9.47 Å². The Bertz CT molecular complexity index is 1040. The summed E-state index contributed by atoms with van der Waals surface area (Å²) in [5.74, 6) is -0.291. The Morgan fingerprint density at radius 3 is 2.41 bits per heavy atom. The lowest BCUT2D eigenvalue weighted by molar-refractivity contribution is 0.0728. The topological polar surface area (TPSA) is 35.5 Å². The Labute approximate surface area is 200 Å². The lowest BCUT2D eigenvalue weighted by atomic mass is 9.64. The summed E-state index contributed by atoms with van der Waals surface area (Å²) in [5.41, 5.74) is -0.0134. The number of esters is 1. The van der Waals surface area contributed by atoms with Crippen molar-refractivity contribution in [3.05, 3.63) is 84.0 Å². The third kappa shape index (κ3) is 5.40. The molecule has 0 radical (unpaired) electrons. The van der Waals surface area contributed by atoms with E-state index in [1.165, 1.54) is 18.9 Å². The van der Waals surface area contributed by atoms with Gasteiger partial charge in [-0.1, -0.05) is 30.9 Å². The van der Waals surface area contributed by atoms with Crippen LogP contribution in [-0.2, 0) is 0 Å². The van der Waals surface area contributed by atoms with Crippen molar-refractivity contribution in [2.75, 3.05) is 6.61 Å². The molecular formula is C29H32F2O3. The van der Waals surface area contributed by atoms with Gasteiger partial charge in [0.1, 0.15) is 18.1 Å². The van der Waals surface area contributed by atoms with Crippen LogP contribution in [0.4, 0.5) is 8.78 Å². The molecular weight excluding hydrogens is 434 g/mol. The Morgan fingerprint density at radius 2 is 1.68 bits per heavy atom. The van der Waals surface area contributed by atoms with Crippen LogP contribution in [0, 0.1) is 29.4 Å². The molecule has 4 atom stereocenters. The van der Waals surface area contributed by atoms with Gasteiger partial charge in [0.2, 0.25) is 0 Å². The molecule has 2 aromatic rings. The average Bonchev–Trinajstić information content (AvgIpc) is 2.85. The molecule has 2 aliphatic rings. The van der Waals surface area contributed by atoms with Gasteiger partial charge < -0.3 is 9.47 Å². The molecule has 0 saturated heterocycles. The van der Waals surface area contributed by atoms with Gasteiger partial charge in [-0.3, -0.25) is 0 Å². The number of carbonyl (C=O) groups excluding carboxylic acids is 1. The summed E-state index contributed by atoms with van der Waals surface area (Å²) < 4.78 is 40.7. The van der Waals surface area contributed by atoms with Gasteiger partial charge in [-0.15, -0.1) is 0 Å². The van der Waals surface area contributed by atoms with Crippen molar-refractivity contribution < 1.29 is 23.0 Å². The van der Waals surface area contributed by atoms with E-state index in [0.717, 1.165) is 25.7 Å². The van der Waals surface area contributed by atoms with Crippen molar-refractivity contribution in [2.24, 2.45) is 17.8 Å². The highest BCUT2D eigenvalue weighted by Gasteiger charge is 2.36. The van der Waals surface area contributed by atoms with Crippen molar-refractivity contribution >= 4 is 5.97 Å². The molecule has 0 amide bonds. The van der Waals surface area contributed by atoms with Crippen molar-refractivity contribution in [3.8, 4) is 11.5 Å². The van der Waals surface area contributed by atoms with Crippen LogP contribution in [0.15, 0.2) is 61.2 Å². The number of benzene rings is 2. The second-order valence-corrected chi connectivity index (χ2v) is 9.42. The molecule has 4 unspecified atom stereocenters. The van der Waals surface area contributed by atoms with Crippen molar-refractivity contribution in [1.82, 2.24) is 0 Å². The second kappa shape index (κ2) is 11.0. The lowest BCUT2D eigenvalue weighted by Crippen LogP contribution is -2.30. The monoisotopic (exact) mass is 466 g/mol. The fraction of sp³-hybridized carbons (Fsp3) is 0.414. The maximum absolute atomic E-state index is 15.1. The van der Waals surface area contributed by atoms with Gasteiger partial charge >= 0.3 is 5.97 Å². The van der Waals surface area contributed by atoms with E-state index in [1.807, 2.05) is 0 Å². The van der Waals surface area contributed by atoms with E-state index in [1.54, 1.807) is 36.4 Å². The van der Waals surface area contributed by atoms with Crippen LogP contribution >= 0.6 is 0 Å². The number of ether oxygens (including phenoxy) is 2. The van der Waals surface area contributed by atoms with Gasteiger partial charge in [-0.2, -0.15) is 0 Å². The number of carbonyl (C=O) groups is 1. The van der Waals surface area contributed by atoms with Gasteiger partial charge in [-0.05, 0) is 105 Å². The normalized spacial score (nSPS) is 24.4. The van der Waals surface area contributed by atoms with Gasteiger partial charge in [-0.25, -0.2) is 13.6 Å². The number of halogens is 2. The molecule has 0 aromatic heterocycles. The third-order valence-corrected chi connectivity index (χ3v) is 7.29. The molecule has 3 nitrogen and oxygen atoms in total. The molecule has 2 aromatic carbocycles. The molecule has 4 rings (SSSR count). The van der Waals surface area contributed by atoms with Gasteiger partial charge in [0.15, 0.2) is 11.6 Å². The highest BCUT2D eigenvalue weighted by atomic mass is 19.2. The van der Waals surface area contributed by atoms with Crippen molar-refractivity contribution in [3.63, 3.8) is 0 Å². The standard InChI is InChI=1S/C29H32F2O3/c1-3-5-19-6-7-21-18-22(9-8-20(21)17-19)25-14-15-26(28(31)27(25)30)29(32)34-24-12-10-23(11-13-24)33-16-4-2/h3-5,10-15,19-22H,2,6-9,16-18H2,1H3/b5-3+. The van der Waals surface area contributed by atoms with Gasteiger partial charge in [0, 0.05) is 0 Å². The SMILES string of the molecule is C=CCOc1ccc(OC(=O)c2ccc(C3CCC4CC(/C=C/C)CCC4C3)c(F)c2F)cc1. The zero-order valence-corrected chi connectivity index (χ0v) is 19.6. The van der Waals surface area contributed by atoms with Crippen LogP contribution in [0.25, 0.3) is 0 Å². The Morgan fingerprint density at radius 1 is 0.971 bits per heavy atom. The molecule has 2 saturated carbocycles. The summed E-state index contributed by atoms with van der Waals surface area (Å²) in [4.78, 5) is 12.5. The first-order chi connectivity index (χ1) is 16.5. The van der Waals surface area contributed by atoms with Crippen LogP contribution in [0.1, 0.15) is 67.3 Å². The van der Waals surface area contributed by atoms with Crippen LogP contribution in [0.3, 0.4) is 0 Å². The molecule has 0 N–H and O–H groups in total. The molecule has 2 fully saturated rings.